The summed E-state index contributed by atoms with van der Waals surface area (Å²) in [6, 6.07) is 0. The first kappa shape index (κ1) is 12.4. The third-order valence-electron chi connectivity index (χ3n) is 2.46. The zero-order valence-electron chi connectivity index (χ0n) is 8.80. The van der Waals surface area contributed by atoms with Crippen molar-refractivity contribution in [2.45, 2.75) is 52.8 Å². The van der Waals surface area contributed by atoms with Crippen LogP contribution >= 0.6 is 9.24 Å². The molecule has 1 N–H and O–H groups in total. The van der Waals surface area contributed by atoms with E-state index in [0.717, 1.165) is 12.3 Å². The van der Waals surface area contributed by atoms with Crippen LogP contribution in [0.1, 0.15) is 47.0 Å². The van der Waals surface area contributed by atoms with Crippen LogP contribution in [0.4, 0.5) is 0 Å². The normalized spacial score (nSPS) is 17.5. The first-order chi connectivity index (χ1) is 5.40. The van der Waals surface area contributed by atoms with E-state index >= 15 is 0 Å². The number of hydrogen-bond donors (Lipinski definition) is 1. The van der Waals surface area contributed by atoms with E-state index < -0.39 is 0 Å². The molecule has 0 aromatic carbocycles. The van der Waals surface area contributed by atoms with Crippen LogP contribution < -0.4 is 0 Å². The minimum atomic E-state index is -0.281. The van der Waals surface area contributed by atoms with Crippen molar-refractivity contribution >= 4 is 9.24 Å². The van der Waals surface area contributed by atoms with Crippen molar-refractivity contribution in [3.63, 3.8) is 0 Å². The van der Waals surface area contributed by atoms with Crippen molar-refractivity contribution in [3.05, 3.63) is 0 Å². The molecule has 0 aliphatic carbocycles. The zero-order chi connectivity index (χ0) is 9.78. The second-order valence-electron chi connectivity index (χ2n) is 4.53. The molecular weight excluding hydrogens is 167 g/mol. The lowest BCUT2D eigenvalue weighted by Gasteiger charge is -2.30. The average molecular weight is 190 g/mol. The summed E-state index contributed by atoms with van der Waals surface area (Å²) in [5.41, 5.74) is 0.0409. The second kappa shape index (κ2) is 5.19. The van der Waals surface area contributed by atoms with Crippen molar-refractivity contribution in [1.29, 1.82) is 0 Å². The van der Waals surface area contributed by atoms with Crippen molar-refractivity contribution < 1.29 is 5.11 Å². The average Bonchev–Trinajstić information content (AvgIpc) is 1.85. The van der Waals surface area contributed by atoms with Gasteiger partial charge in [0.1, 0.15) is 0 Å². The number of rotatable bonds is 5. The molecular formula is C10H23OP. The maximum Gasteiger partial charge on any atom is 0.0724 e. The van der Waals surface area contributed by atoms with Crippen LogP contribution in [0.25, 0.3) is 0 Å². The van der Waals surface area contributed by atoms with Gasteiger partial charge in [0.2, 0.25) is 0 Å². The Morgan fingerprint density at radius 3 is 2.25 bits per heavy atom. The van der Waals surface area contributed by atoms with E-state index in [-0.39, 0.29) is 11.3 Å². The molecule has 0 aliphatic heterocycles. The monoisotopic (exact) mass is 190 g/mol. The van der Waals surface area contributed by atoms with Gasteiger partial charge < -0.3 is 5.11 Å². The van der Waals surface area contributed by atoms with Gasteiger partial charge in [0, 0.05) is 0 Å². The van der Waals surface area contributed by atoms with Gasteiger partial charge in [-0.2, -0.15) is 0 Å². The Morgan fingerprint density at radius 1 is 1.42 bits per heavy atom. The summed E-state index contributed by atoms with van der Waals surface area (Å²) in [6.45, 7) is 8.71. The highest BCUT2D eigenvalue weighted by Gasteiger charge is 2.25. The minimum absolute atomic E-state index is 0.0409. The highest BCUT2D eigenvalue weighted by atomic mass is 31.0. The maximum atomic E-state index is 9.46. The first-order valence-corrected chi connectivity index (χ1v) is 5.50. The van der Waals surface area contributed by atoms with Crippen LogP contribution in [-0.2, 0) is 0 Å². The number of aliphatic hydroxyl groups excluding tert-OH is 1. The summed E-state index contributed by atoms with van der Waals surface area (Å²) < 4.78 is 0. The second-order valence-corrected chi connectivity index (χ2v) is 5.16. The van der Waals surface area contributed by atoms with E-state index in [1.807, 2.05) is 0 Å². The predicted octanol–water partition coefficient (Wildman–Crippen LogP) is 3.03. The van der Waals surface area contributed by atoms with Crippen LogP contribution in [0.5, 0.6) is 0 Å². The van der Waals surface area contributed by atoms with Gasteiger partial charge >= 0.3 is 0 Å². The molecule has 0 aliphatic rings. The van der Waals surface area contributed by atoms with Crippen molar-refractivity contribution in [3.8, 4) is 0 Å². The van der Waals surface area contributed by atoms with Crippen molar-refractivity contribution in [2.24, 2.45) is 11.3 Å². The summed E-state index contributed by atoms with van der Waals surface area (Å²) in [6.07, 6.45) is 3.61. The Bertz CT molecular complexity index is 121. The lowest BCUT2D eigenvalue weighted by molar-refractivity contribution is 0.101. The predicted molar refractivity (Wildman–Crippen MR) is 58.2 cm³/mol. The molecule has 0 rings (SSSR count). The van der Waals surface area contributed by atoms with E-state index in [1.165, 1.54) is 12.8 Å². The molecule has 0 radical (unpaired) electrons. The fourth-order valence-electron chi connectivity index (χ4n) is 1.61. The van der Waals surface area contributed by atoms with Crippen LogP contribution in [0.2, 0.25) is 0 Å². The SMILES string of the molecule is CCCC(C)CC(C)(C)C(O)P. The van der Waals surface area contributed by atoms with Crippen LogP contribution in [0.15, 0.2) is 0 Å². The standard InChI is InChI=1S/C10H23OP/c1-5-6-8(2)7-10(3,4)9(11)12/h8-9,11H,5-7,12H2,1-4H3. The van der Waals surface area contributed by atoms with E-state index in [1.54, 1.807) is 0 Å². The fraction of sp³-hybridized carbons (Fsp3) is 1.00. The van der Waals surface area contributed by atoms with Gasteiger partial charge in [0.05, 0.1) is 5.85 Å². The Hall–Kier alpha value is 0.390. The van der Waals surface area contributed by atoms with Gasteiger partial charge in [0.15, 0.2) is 0 Å². The third kappa shape index (κ3) is 4.42. The Labute approximate surface area is 79.1 Å². The quantitative estimate of drug-likeness (QED) is 0.661. The Kier molecular flexibility index (Phi) is 5.36. The van der Waals surface area contributed by atoms with Crippen LogP contribution in [-0.4, -0.2) is 11.0 Å². The summed E-state index contributed by atoms with van der Waals surface area (Å²) in [5.74, 6) is 0.442. The summed E-state index contributed by atoms with van der Waals surface area (Å²) in [5, 5.41) is 9.46. The fourth-order valence-corrected chi connectivity index (χ4v) is 1.75. The number of aliphatic hydroxyl groups is 1. The van der Waals surface area contributed by atoms with Gasteiger partial charge in [-0.25, -0.2) is 0 Å². The Morgan fingerprint density at radius 2 is 1.92 bits per heavy atom. The molecule has 1 nitrogen and oxygen atoms in total. The molecule has 0 saturated carbocycles. The highest BCUT2D eigenvalue weighted by molar-refractivity contribution is 7.17. The zero-order valence-corrected chi connectivity index (χ0v) is 9.96. The molecule has 0 saturated heterocycles. The van der Waals surface area contributed by atoms with Crippen molar-refractivity contribution in [1.82, 2.24) is 0 Å². The van der Waals surface area contributed by atoms with Crippen LogP contribution in [0.3, 0.4) is 0 Å². The summed E-state index contributed by atoms with van der Waals surface area (Å²) in [4.78, 5) is 0. The molecule has 0 fully saturated rings. The van der Waals surface area contributed by atoms with E-state index in [9.17, 15) is 5.11 Å². The van der Waals surface area contributed by atoms with E-state index in [0.29, 0.717) is 0 Å². The number of hydrogen-bond acceptors (Lipinski definition) is 1. The molecule has 0 spiro atoms. The molecule has 3 atom stereocenters. The van der Waals surface area contributed by atoms with Gasteiger partial charge in [-0.15, -0.1) is 9.24 Å². The van der Waals surface area contributed by atoms with Gasteiger partial charge in [-0.3, -0.25) is 0 Å². The Balaban J connectivity index is 3.88. The lowest BCUT2D eigenvalue weighted by Crippen LogP contribution is -2.26. The smallest absolute Gasteiger partial charge is 0.0724 e. The van der Waals surface area contributed by atoms with Gasteiger partial charge in [0.25, 0.3) is 0 Å². The molecule has 0 heterocycles. The molecule has 12 heavy (non-hydrogen) atoms. The van der Waals surface area contributed by atoms with Gasteiger partial charge in [-0.05, 0) is 17.8 Å². The molecule has 0 bridgehead atoms. The summed E-state index contributed by atoms with van der Waals surface area (Å²) in [7, 11) is 2.48. The molecule has 0 aromatic heterocycles. The van der Waals surface area contributed by atoms with E-state index in [4.69, 9.17) is 0 Å². The molecule has 2 heteroatoms. The maximum absolute atomic E-state index is 9.46. The van der Waals surface area contributed by atoms with Crippen molar-refractivity contribution in [2.75, 3.05) is 0 Å². The summed E-state index contributed by atoms with van der Waals surface area (Å²) >= 11 is 0. The molecule has 74 valence electrons. The highest BCUT2D eigenvalue weighted by Crippen LogP contribution is 2.33. The molecule has 0 amide bonds. The molecule has 3 unspecified atom stereocenters. The van der Waals surface area contributed by atoms with Gasteiger partial charge in [-0.1, -0.05) is 40.5 Å². The topological polar surface area (TPSA) is 20.2 Å². The van der Waals surface area contributed by atoms with Crippen LogP contribution in [0, 0.1) is 11.3 Å². The van der Waals surface area contributed by atoms with E-state index in [2.05, 4.69) is 36.9 Å². The minimum Gasteiger partial charge on any atom is -0.389 e. The largest absolute Gasteiger partial charge is 0.389 e. The molecule has 0 aromatic rings. The first-order valence-electron chi connectivity index (χ1n) is 4.83. The lowest BCUT2D eigenvalue weighted by atomic mass is 9.82. The third-order valence-corrected chi connectivity index (χ3v) is 3.36.